The first-order valence-electron chi connectivity index (χ1n) is 11.2. The molecule has 3 rings (SSSR count). The maximum absolute atomic E-state index is 13.2. The molecule has 0 saturated carbocycles. The minimum atomic E-state index is -3.60. The van der Waals surface area contributed by atoms with E-state index in [4.69, 9.17) is 16.6 Å². The molecule has 0 spiro atoms. The number of rotatable bonds is 11. The molecule has 0 bridgehead atoms. The molecule has 0 aliphatic rings. The number of hydrogen-bond donors (Lipinski definition) is 0. The van der Waals surface area contributed by atoms with E-state index in [1.54, 1.807) is 4.90 Å². The molecule has 0 N–H and O–H groups in total. The number of likely N-dealkylation sites (N-methyl/N-ethyl adjacent to an activating group) is 1. The molecule has 192 valence electrons. The lowest BCUT2D eigenvalue weighted by molar-refractivity contribution is -0.118. The lowest BCUT2D eigenvalue weighted by Crippen LogP contribution is -2.38. The van der Waals surface area contributed by atoms with Crippen LogP contribution in [0.5, 0.6) is 0 Å². The summed E-state index contributed by atoms with van der Waals surface area (Å²) in [5.74, 6) is -0.863. The van der Waals surface area contributed by atoms with Crippen molar-refractivity contribution in [2.24, 2.45) is 0 Å². The van der Waals surface area contributed by atoms with Crippen LogP contribution in [0, 0.1) is 12.7 Å². The predicted octanol–water partition coefficient (Wildman–Crippen LogP) is 5.75. The fourth-order valence-corrected chi connectivity index (χ4v) is 6.45. The van der Waals surface area contributed by atoms with Crippen LogP contribution in [0.3, 0.4) is 0 Å². The van der Waals surface area contributed by atoms with Gasteiger partial charge in [-0.1, -0.05) is 36.8 Å². The number of fused-ring (bicyclic) bond motifs is 1. The molecule has 0 unspecified atom stereocenters. The maximum atomic E-state index is 13.2. The molecule has 11 heteroatoms. The maximum Gasteiger partial charge on any atom is 0.228 e. The van der Waals surface area contributed by atoms with Crippen molar-refractivity contribution >= 4 is 66.4 Å². The zero-order valence-corrected chi connectivity index (χ0v) is 23.2. The Kier molecular flexibility index (Phi) is 10.9. The Morgan fingerprint density at radius 2 is 1.77 bits per heavy atom. The molecule has 0 saturated heterocycles. The number of aryl methyl sites for hydroxylation is 1. The van der Waals surface area contributed by atoms with Crippen molar-refractivity contribution in [2.45, 2.75) is 38.5 Å². The molecule has 2 aromatic carbocycles. The quantitative estimate of drug-likeness (QED) is 0.279. The molecular formula is C24H30Cl2FN3O3S2. The van der Waals surface area contributed by atoms with Crippen LogP contribution >= 0.6 is 35.3 Å². The van der Waals surface area contributed by atoms with Gasteiger partial charge in [0.1, 0.15) is 5.82 Å². The van der Waals surface area contributed by atoms with E-state index in [1.165, 1.54) is 23.5 Å². The number of halogens is 3. The van der Waals surface area contributed by atoms with Gasteiger partial charge in [0.15, 0.2) is 15.0 Å². The van der Waals surface area contributed by atoms with Crippen molar-refractivity contribution in [2.75, 3.05) is 36.8 Å². The second-order valence-electron chi connectivity index (χ2n) is 8.01. The van der Waals surface area contributed by atoms with Gasteiger partial charge in [0.2, 0.25) is 5.91 Å². The van der Waals surface area contributed by atoms with Crippen LogP contribution in [0.15, 0.2) is 41.3 Å². The molecule has 0 radical (unpaired) electrons. The molecular weight excluding hydrogens is 532 g/mol. The molecule has 35 heavy (non-hydrogen) atoms. The smallest absolute Gasteiger partial charge is 0.228 e. The van der Waals surface area contributed by atoms with Gasteiger partial charge in [-0.2, -0.15) is 0 Å². The summed E-state index contributed by atoms with van der Waals surface area (Å²) >= 11 is 7.60. The Morgan fingerprint density at radius 3 is 2.40 bits per heavy atom. The van der Waals surface area contributed by atoms with Gasteiger partial charge in [-0.15, -0.1) is 12.4 Å². The summed E-state index contributed by atoms with van der Waals surface area (Å²) in [6, 6.07) is 8.42. The molecule has 1 aromatic heterocycles. The van der Waals surface area contributed by atoms with E-state index in [0.717, 1.165) is 41.0 Å². The average molecular weight is 563 g/mol. The topological polar surface area (TPSA) is 70.6 Å². The third-order valence-corrected chi connectivity index (χ3v) is 8.74. The standard InChI is InChI=1S/C24H29ClFN3O3S2.ClH/c1-4-28(5-2)12-13-29(24-27-23-17(3)15-18(25)16-21(23)33-24)22(30)7-6-14-34(31,32)20-10-8-19(26)9-11-20;/h8-11,15-16H,4-7,12-14H2,1-3H3;1H. The fraction of sp³-hybridized carbons (Fsp3) is 0.417. The number of benzene rings is 2. The van der Waals surface area contributed by atoms with Crippen LogP contribution in [-0.2, 0) is 14.6 Å². The van der Waals surface area contributed by atoms with Gasteiger partial charge in [0.25, 0.3) is 0 Å². The number of amides is 1. The van der Waals surface area contributed by atoms with Crippen molar-refractivity contribution in [3.63, 3.8) is 0 Å². The first kappa shape index (κ1) is 29.5. The van der Waals surface area contributed by atoms with E-state index in [-0.39, 0.29) is 41.8 Å². The van der Waals surface area contributed by atoms with Crippen molar-refractivity contribution < 1.29 is 17.6 Å². The van der Waals surface area contributed by atoms with Crippen LogP contribution in [0.4, 0.5) is 9.52 Å². The summed E-state index contributed by atoms with van der Waals surface area (Å²) in [6.45, 7) is 8.93. The van der Waals surface area contributed by atoms with E-state index < -0.39 is 15.7 Å². The number of thiazole rings is 1. The van der Waals surface area contributed by atoms with Gasteiger partial charge in [-0.25, -0.2) is 17.8 Å². The number of carbonyl (C=O) groups excluding carboxylic acids is 1. The molecule has 0 aliphatic carbocycles. The highest BCUT2D eigenvalue weighted by Gasteiger charge is 2.22. The third-order valence-electron chi connectivity index (χ3n) is 5.68. The number of hydrogen-bond acceptors (Lipinski definition) is 6. The number of carbonyl (C=O) groups is 1. The van der Waals surface area contributed by atoms with Gasteiger partial charge in [0, 0.05) is 24.5 Å². The second-order valence-corrected chi connectivity index (χ2v) is 11.6. The normalized spacial score (nSPS) is 11.6. The monoisotopic (exact) mass is 561 g/mol. The average Bonchev–Trinajstić information content (AvgIpc) is 3.21. The number of anilines is 1. The zero-order chi connectivity index (χ0) is 24.9. The van der Waals surface area contributed by atoms with E-state index in [9.17, 15) is 17.6 Å². The van der Waals surface area contributed by atoms with Crippen molar-refractivity contribution in [3.05, 3.63) is 52.8 Å². The second kappa shape index (κ2) is 13.0. The van der Waals surface area contributed by atoms with Gasteiger partial charge in [0.05, 0.1) is 20.9 Å². The van der Waals surface area contributed by atoms with Gasteiger partial charge < -0.3 is 4.90 Å². The Hall–Kier alpha value is -1.78. The molecule has 6 nitrogen and oxygen atoms in total. The SMILES string of the molecule is CCN(CC)CCN(C(=O)CCCS(=O)(=O)c1ccc(F)cc1)c1nc2c(C)cc(Cl)cc2s1.Cl. The highest BCUT2D eigenvalue weighted by Crippen LogP contribution is 2.33. The molecule has 3 aromatic rings. The zero-order valence-electron chi connectivity index (χ0n) is 20.0. The lowest BCUT2D eigenvalue weighted by atomic mass is 10.2. The fourth-order valence-electron chi connectivity index (χ4n) is 3.67. The van der Waals surface area contributed by atoms with Crippen LogP contribution in [0.25, 0.3) is 10.2 Å². The summed E-state index contributed by atoms with van der Waals surface area (Å²) in [7, 11) is -3.60. The third kappa shape index (κ3) is 7.60. The number of sulfone groups is 1. The van der Waals surface area contributed by atoms with Crippen molar-refractivity contribution in [3.8, 4) is 0 Å². The van der Waals surface area contributed by atoms with Crippen molar-refractivity contribution in [1.29, 1.82) is 0 Å². The van der Waals surface area contributed by atoms with E-state index in [2.05, 4.69) is 18.7 Å². The minimum Gasteiger partial charge on any atom is -0.302 e. The Balaban J connectivity index is 0.00000432. The van der Waals surface area contributed by atoms with Crippen LogP contribution in [0.2, 0.25) is 5.02 Å². The lowest BCUT2D eigenvalue weighted by Gasteiger charge is -2.24. The Labute approximate surface area is 221 Å². The van der Waals surface area contributed by atoms with E-state index >= 15 is 0 Å². The van der Waals surface area contributed by atoms with Gasteiger partial charge in [-0.3, -0.25) is 9.69 Å². The summed E-state index contributed by atoms with van der Waals surface area (Å²) in [5.41, 5.74) is 1.75. The van der Waals surface area contributed by atoms with Crippen LogP contribution in [0.1, 0.15) is 32.3 Å². The summed E-state index contributed by atoms with van der Waals surface area (Å²) in [4.78, 5) is 21.9. The minimum absolute atomic E-state index is 0. The summed E-state index contributed by atoms with van der Waals surface area (Å²) in [5, 5.41) is 1.20. The number of aromatic nitrogens is 1. The van der Waals surface area contributed by atoms with Gasteiger partial charge >= 0.3 is 0 Å². The number of nitrogens with zero attached hydrogens (tertiary/aromatic N) is 3. The first-order chi connectivity index (χ1) is 16.1. The Bertz CT molecular complexity index is 1250. The first-order valence-corrected chi connectivity index (χ1v) is 14.1. The van der Waals surface area contributed by atoms with E-state index in [1.807, 2.05) is 19.1 Å². The highest BCUT2D eigenvalue weighted by atomic mass is 35.5. The van der Waals surface area contributed by atoms with Crippen LogP contribution in [-0.4, -0.2) is 56.1 Å². The van der Waals surface area contributed by atoms with Gasteiger partial charge in [-0.05, 0) is 68.4 Å². The molecule has 0 fully saturated rings. The molecule has 1 amide bonds. The molecule has 0 atom stereocenters. The summed E-state index contributed by atoms with van der Waals surface area (Å²) < 4.78 is 39.2. The predicted molar refractivity (Wildman–Crippen MR) is 144 cm³/mol. The molecule has 1 heterocycles. The molecule has 0 aliphatic heterocycles. The van der Waals surface area contributed by atoms with Crippen molar-refractivity contribution in [1.82, 2.24) is 9.88 Å². The Morgan fingerprint density at radius 1 is 1.11 bits per heavy atom. The van der Waals surface area contributed by atoms with Crippen LogP contribution < -0.4 is 4.90 Å². The highest BCUT2D eigenvalue weighted by molar-refractivity contribution is 7.91. The largest absolute Gasteiger partial charge is 0.302 e. The van der Waals surface area contributed by atoms with E-state index in [0.29, 0.717) is 23.2 Å². The summed E-state index contributed by atoms with van der Waals surface area (Å²) in [6.07, 6.45) is 0.227.